The Morgan fingerprint density at radius 2 is 2.12 bits per heavy atom. The molecule has 0 saturated carbocycles. The van der Waals surface area contributed by atoms with Gasteiger partial charge in [0.15, 0.2) is 5.96 Å². The smallest absolute Gasteiger partial charge is 0.224 e. The number of amides is 1. The molecule has 0 aromatic heterocycles. The summed E-state index contributed by atoms with van der Waals surface area (Å²) in [4.78, 5) is 21.2. The summed E-state index contributed by atoms with van der Waals surface area (Å²) < 4.78 is 0. The lowest BCUT2D eigenvalue weighted by Crippen LogP contribution is -2.48. The maximum atomic E-state index is 12.4. The number of carbonyl (C=O) groups excluding carboxylic acids is 1. The molecule has 2 rings (SSSR count). The molecule has 0 bridgehead atoms. The van der Waals surface area contributed by atoms with Crippen LogP contribution in [-0.4, -0.2) is 65.9 Å². The molecule has 0 radical (unpaired) electrons. The van der Waals surface area contributed by atoms with Crippen LogP contribution in [0.1, 0.15) is 32.3 Å². The van der Waals surface area contributed by atoms with Crippen molar-refractivity contribution < 1.29 is 4.79 Å². The van der Waals surface area contributed by atoms with Crippen LogP contribution in [0.3, 0.4) is 0 Å². The van der Waals surface area contributed by atoms with Crippen LogP contribution < -0.4 is 5.32 Å². The molecule has 1 aromatic rings. The van der Waals surface area contributed by atoms with Crippen LogP contribution in [0.15, 0.2) is 35.3 Å². The number of thioether (sulfide) groups is 1. The van der Waals surface area contributed by atoms with E-state index in [-0.39, 0.29) is 5.91 Å². The Morgan fingerprint density at radius 1 is 1.35 bits per heavy atom. The van der Waals surface area contributed by atoms with Crippen LogP contribution in [-0.2, 0) is 11.3 Å². The molecular formula is C20H32N4OS. The highest BCUT2D eigenvalue weighted by Crippen LogP contribution is 2.21. The van der Waals surface area contributed by atoms with Crippen LogP contribution in [0.2, 0.25) is 0 Å². The fourth-order valence-corrected chi connectivity index (χ4v) is 4.16. The molecular weight excluding hydrogens is 344 g/mol. The molecule has 1 unspecified atom stereocenters. The van der Waals surface area contributed by atoms with Gasteiger partial charge in [0.05, 0.1) is 6.54 Å². The molecule has 1 N–H and O–H groups in total. The van der Waals surface area contributed by atoms with Gasteiger partial charge in [0.25, 0.3) is 0 Å². The Hall–Kier alpha value is -1.69. The second-order valence-electron chi connectivity index (χ2n) is 6.57. The largest absolute Gasteiger partial charge is 0.357 e. The fraction of sp³-hybridized carbons (Fsp3) is 0.600. The van der Waals surface area contributed by atoms with Gasteiger partial charge in [-0.15, -0.1) is 0 Å². The zero-order chi connectivity index (χ0) is 18.8. The number of guanidine groups is 1. The quantitative estimate of drug-likeness (QED) is 0.587. The van der Waals surface area contributed by atoms with E-state index in [2.05, 4.69) is 35.8 Å². The third-order valence-corrected chi connectivity index (χ3v) is 5.88. The van der Waals surface area contributed by atoms with Crippen molar-refractivity contribution in [3.05, 3.63) is 35.9 Å². The van der Waals surface area contributed by atoms with Crippen LogP contribution in [0.4, 0.5) is 0 Å². The van der Waals surface area contributed by atoms with Gasteiger partial charge < -0.3 is 15.1 Å². The van der Waals surface area contributed by atoms with E-state index < -0.39 is 0 Å². The Bertz CT molecular complexity index is 578. The van der Waals surface area contributed by atoms with Gasteiger partial charge in [0.1, 0.15) is 0 Å². The Kier molecular flexibility index (Phi) is 8.81. The van der Waals surface area contributed by atoms with Crippen molar-refractivity contribution in [2.75, 3.05) is 39.0 Å². The molecule has 144 valence electrons. The van der Waals surface area contributed by atoms with E-state index in [1.165, 1.54) is 6.42 Å². The first kappa shape index (κ1) is 20.6. The molecule has 1 heterocycles. The molecule has 1 atom stereocenters. The Balaban J connectivity index is 1.85. The topological polar surface area (TPSA) is 47.9 Å². The number of nitrogens with one attached hydrogen (secondary N) is 1. The highest BCUT2D eigenvalue weighted by molar-refractivity contribution is 8.00. The van der Waals surface area contributed by atoms with E-state index in [0.717, 1.165) is 36.9 Å². The van der Waals surface area contributed by atoms with Crippen molar-refractivity contribution in [1.29, 1.82) is 0 Å². The van der Waals surface area contributed by atoms with Crippen molar-refractivity contribution in [2.45, 2.75) is 38.5 Å². The molecule has 1 saturated heterocycles. The van der Waals surface area contributed by atoms with E-state index >= 15 is 0 Å². The highest BCUT2D eigenvalue weighted by atomic mass is 32.2. The van der Waals surface area contributed by atoms with Crippen molar-refractivity contribution in [2.24, 2.45) is 4.99 Å². The number of carbonyl (C=O) groups is 1. The second kappa shape index (κ2) is 11.1. The van der Waals surface area contributed by atoms with E-state index in [4.69, 9.17) is 4.99 Å². The van der Waals surface area contributed by atoms with Crippen LogP contribution >= 0.6 is 11.8 Å². The van der Waals surface area contributed by atoms with Crippen LogP contribution in [0.5, 0.6) is 0 Å². The zero-order valence-corrected chi connectivity index (χ0v) is 17.1. The number of hydrogen-bond donors (Lipinski definition) is 1. The zero-order valence-electron chi connectivity index (χ0n) is 16.3. The summed E-state index contributed by atoms with van der Waals surface area (Å²) in [5.74, 6) is 2.22. The molecule has 0 aliphatic carbocycles. The van der Waals surface area contributed by atoms with Crippen molar-refractivity contribution in [3.8, 4) is 0 Å². The summed E-state index contributed by atoms with van der Waals surface area (Å²) in [6, 6.07) is 10.1. The Morgan fingerprint density at radius 3 is 2.81 bits per heavy atom. The summed E-state index contributed by atoms with van der Waals surface area (Å²) in [6.07, 6.45) is 1.63. The predicted octanol–water partition coefficient (Wildman–Crippen LogP) is 2.83. The standard InChI is InChI=1S/C20H32N4OS/c1-4-18-16-24(13-14-26-18)20(21-5-2)22-12-11-19(25)23(3)15-17-9-7-6-8-10-17/h6-10,18H,4-5,11-16H2,1-3H3,(H,21,22). The lowest BCUT2D eigenvalue weighted by molar-refractivity contribution is -0.130. The first-order valence-corrected chi connectivity index (χ1v) is 10.6. The van der Waals surface area contributed by atoms with Gasteiger partial charge in [0, 0.05) is 50.7 Å². The van der Waals surface area contributed by atoms with Crippen molar-refractivity contribution in [3.63, 3.8) is 0 Å². The van der Waals surface area contributed by atoms with E-state index in [9.17, 15) is 4.79 Å². The molecule has 26 heavy (non-hydrogen) atoms. The third kappa shape index (κ3) is 6.56. The molecule has 1 aromatic carbocycles. The van der Waals surface area contributed by atoms with Gasteiger partial charge >= 0.3 is 0 Å². The van der Waals surface area contributed by atoms with Gasteiger partial charge in [0.2, 0.25) is 5.91 Å². The summed E-state index contributed by atoms with van der Waals surface area (Å²) in [6.45, 7) is 8.41. The van der Waals surface area contributed by atoms with Gasteiger partial charge in [-0.2, -0.15) is 11.8 Å². The highest BCUT2D eigenvalue weighted by Gasteiger charge is 2.21. The summed E-state index contributed by atoms with van der Waals surface area (Å²) in [7, 11) is 1.86. The molecule has 5 nitrogen and oxygen atoms in total. The maximum Gasteiger partial charge on any atom is 0.224 e. The van der Waals surface area contributed by atoms with Gasteiger partial charge in [-0.1, -0.05) is 37.3 Å². The van der Waals surface area contributed by atoms with E-state index in [0.29, 0.717) is 24.8 Å². The third-order valence-electron chi connectivity index (χ3n) is 4.50. The predicted molar refractivity (Wildman–Crippen MR) is 112 cm³/mol. The van der Waals surface area contributed by atoms with E-state index in [1.54, 1.807) is 4.90 Å². The van der Waals surface area contributed by atoms with E-state index in [1.807, 2.05) is 37.4 Å². The SMILES string of the molecule is CCNC(=NCCC(=O)N(C)Cc1ccccc1)N1CCSC(CC)C1. The fourth-order valence-electron chi connectivity index (χ4n) is 2.98. The molecule has 1 aliphatic rings. The normalized spacial score (nSPS) is 17.9. The average Bonchev–Trinajstić information content (AvgIpc) is 2.68. The number of rotatable bonds is 7. The van der Waals surface area contributed by atoms with Gasteiger partial charge in [-0.05, 0) is 18.9 Å². The molecule has 1 fully saturated rings. The minimum atomic E-state index is 0.133. The number of hydrogen-bond acceptors (Lipinski definition) is 3. The first-order valence-electron chi connectivity index (χ1n) is 9.56. The summed E-state index contributed by atoms with van der Waals surface area (Å²) >= 11 is 2.05. The monoisotopic (exact) mass is 376 g/mol. The Labute approximate surface area is 162 Å². The number of aliphatic imine (C=N–C) groups is 1. The molecule has 0 spiro atoms. The summed E-state index contributed by atoms with van der Waals surface area (Å²) in [5, 5.41) is 4.05. The minimum Gasteiger partial charge on any atom is -0.357 e. The van der Waals surface area contributed by atoms with Crippen LogP contribution in [0.25, 0.3) is 0 Å². The molecule has 1 amide bonds. The number of nitrogens with zero attached hydrogens (tertiary/aromatic N) is 3. The summed E-state index contributed by atoms with van der Waals surface area (Å²) in [5.41, 5.74) is 1.15. The van der Waals surface area contributed by atoms with Crippen molar-refractivity contribution in [1.82, 2.24) is 15.1 Å². The lowest BCUT2D eigenvalue weighted by Gasteiger charge is -2.34. The van der Waals surface area contributed by atoms with Crippen molar-refractivity contribution >= 4 is 23.6 Å². The first-order chi connectivity index (χ1) is 12.6. The van der Waals surface area contributed by atoms with Gasteiger partial charge in [-0.3, -0.25) is 9.79 Å². The van der Waals surface area contributed by atoms with Crippen LogP contribution in [0, 0.1) is 0 Å². The number of benzene rings is 1. The lowest BCUT2D eigenvalue weighted by atomic mass is 10.2. The molecule has 1 aliphatic heterocycles. The average molecular weight is 377 g/mol. The minimum absolute atomic E-state index is 0.133. The molecule has 6 heteroatoms. The maximum absolute atomic E-state index is 12.4. The van der Waals surface area contributed by atoms with Gasteiger partial charge in [-0.25, -0.2) is 0 Å². The second-order valence-corrected chi connectivity index (χ2v) is 7.98.